The normalized spacial score (nSPS) is 14.1. The van der Waals surface area contributed by atoms with Gasteiger partial charge in [-0.3, -0.25) is 0 Å². The van der Waals surface area contributed by atoms with E-state index in [1.807, 2.05) is 12.1 Å². The smallest absolute Gasteiger partial charge is 0.0406 e. The molecule has 100 valence electrons. The Morgan fingerprint density at radius 2 is 1.21 bits per heavy atom. The van der Waals surface area contributed by atoms with Crippen LogP contribution in [0.4, 0.5) is 0 Å². The summed E-state index contributed by atoms with van der Waals surface area (Å²) in [6.07, 6.45) is 0. The van der Waals surface area contributed by atoms with Gasteiger partial charge in [0.25, 0.3) is 0 Å². The van der Waals surface area contributed by atoms with Crippen LogP contribution in [-0.4, -0.2) is 0 Å². The van der Waals surface area contributed by atoms with Crippen LogP contribution in [0, 0.1) is 6.92 Å². The van der Waals surface area contributed by atoms with E-state index in [0.717, 1.165) is 5.02 Å². The molecule has 1 unspecified atom stereocenters. The van der Waals surface area contributed by atoms with Gasteiger partial charge in [-0.05, 0) is 44.0 Å². The van der Waals surface area contributed by atoms with Crippen LogP contribution in [-0.2, 0) is 0 Å². The Labute approximate surface area is 120 Å². The Balaban J connectivity index is 2.03. The molecule has 2 aromatic rings. The quantitative estimate of drug-likeness (QED) is 0.821. The molecule has 1 nitrogen and oxygen atoms in total. The van der Waals surface area contributed by atoms with E-state index in [-0.39, 0.29) is 0 Å². The predicted octanol–water partition coefficient (Wildman–Crippen LogP) is 5.06. The number of rotatable bonds is 4. The number of aryl methyl sites for hydroxylation is 1. The molecule has 0 aliphatic heterocycles. The third kappa shape index (κ3) is 3.82. The fourth-order valence-electron chi connectivity index (χ4n) is 2.17. The zero-order valence-electron chi connectivity index (χ0n) is 11.7. The second kappa shape index (κ2) is 6.23. The van der Waals surface area contributed by atoms with Crippen LogP contribution in [0.1, 0.15) is 42.6 Å². The van der Waals surface area contributed by atoms with E-state index in [0.29, 0.717) is 12.1 Å². The maximum Gasteiger partial charge on any atom is 0.0406 e. The van der Waals surface area contributed by atoms with Gasteiger partial charge in [0.15, 0.2) is 0 Å². The second-order valence-corrected chi connectivity index (χ2v) is 5.51. The molecule has 0 saturated carbocycles. The van der Waals surface area contributed by atoms with Crippen LogP contribution in [0.15, 0.2) is 48.5 Å². The molecule has 2 heteroatoms. The first kappa shape index (κ1) is 14.1. The zero-order chi connectivity index (χ0) is 13.8. The summed E-state index contributed by atoms with van der Waals surface area (Å²) in [7, 11) is 0. The lowest BCUT2D eigenvalue weighted by molar-refractivity contribution is 0.494. The number of nitrogens with one attached hydrogen (secondary N) is 1. The summed E-state index contributed by atoms with van der Waals surface area (Å²) >= 11 is 5.91. The summed E-state index contributed by atoms with van der Waals surface area (Å²) in [6.45, 7) is 6.48. The Hall–Kier alpha value is -1.31. The van der Waals surface area contributed by atoms with Gasteiger partial charge in [0, 0.05) is 17.1 Å². The second-order valence-electron chi connectivity index (χ2n) is 5.07. The summed E-state index contributed by atoms with van der Waals surface area (Å²) in [5.74, 6) is 0. The Morgan fingerprint density at radius 1 is 0.789 bits per heavy atom. The van der Waals surface area contributed by atoms with Crippen LogP contribution in [0.3, 0.4) is 0 Å². The highest BCUT2D eigenvalue weighted by molar-refractivity contribution is 6.30. The van der Waals surface area contributed by atoms with E-state index < -0.39 is 0 Å². The molecule has 0 saturated heterocycles. The minimum absolute atomic E-state index is 0.300. The molecule has 0 aliphatic carbocycles. The minimum atomic E-state index is 0.300. The fraction of sp³-hybridized carbons (Fsp3) is 0.294. The molecule has 0 fully saturated rings. The van der Waals surface area contributed by atoms with Crippen LogP contribution in [0.5, 0.6) is 0 Å². The number of hydrogen-bond acceptors (Lipinski definition) is 1. The Morgan fingerprint density at radius 3 is 1.68 bits per heavy atom. The van der Waals surface area contributed by atoms with Gasteiger partial charge >= 0.3 is 0 Å². The molecule has 0 bridgehead atoms. The molecular weight excluding hydrogens is 254 g/mol. The molecule has 19 heavy (non-hydrogen) atoms. The molecule has 0 aliphatic rings. The summed E-state index contributed by atoms with van der Waals surface area (Å²) in [5, 5.41) is 4.39. The highest BCUT2D eigenvalue weighted by Crippen LogP contribution is 2.21. The van der Waals surface area contributed by atoms with Crippen LogP contribution >= 0.6 is 11.6 Å². The van der Waals surface area contributed by atoms with E-state index in [9.17, 15) is 0 Å². The average molecular weight is 274 g/mol. The van der Waals surface area contributed by atoms with Crippen molar-refractivity contribution in [2.45, 2.75) is 32.9 Å². The van der Waals surface area contributed by atoms with Crippen molar-refractivity contribution in [1.82, 2.24) is 5.32 Å². The van der Waals surface area contributed by atoms with Crippen molar-refractivity contribution in [1.29, 1.82) is 0 Å². The standard InChI is InChI=1S/C17H20ClN/c1-12-4-6-15(7-5-12)13(2)19-14(3)16-8-10-17(18)11-9-16/h4-11,13-14,19H,1-3H3/t13-,14?/m0/s1. The van der Waals surface area contributed by atoms with E-state index in [4.69, 9.17) is 11.6 Å². The van der Waals surface area contributed by atoms with Crippen LogP contribution < -0.4 is 5.32 Å². The van der Waals surface area contributed by atoms with E-state index in [1.54, 1.807) is 0 Å². The summed E-state index contributed by atoms with van der Waals surface area (Å²) in [5.41, 5.74) is 3.86. The SMILES string of the molecule is Cc1ccc([C@H](C)NC(C)c2ccc(Cl)cc2)cc1. The maximum absolute atomic E-state index is 5.91. The average Bonchev–Trinajstić information content (AvgIpc) is 2.40. The molecule has 0 aromatic heterocycles. The van der Waals surface area contributed by atoms with Gasteiger partial charge in [-0.2, -0.15) is 0 Å². The summed E-state index contributed by atoms with van der Waals surface area (Å²) in [4.78, 5) is 0. The third-order valence-electron chi connectivity index (χ3n) is 3.45. The van der Waals surface area contributed by atoms with Crippen LogP contribution in [0.2, 0.25) is 5.02 Å². The largest absolute Gasteiger partial charge is 0.304 e. The lowest BCUT2D eigenvalue weighted by Crippen LogP contribution is -2.22. The van der Waals surface area contributed by atoms with Crippen molar-refractivity contribution in [3.05, 3.63) is 70.2 Å². The fourth-order valence-corrected chi connectivity index (χ4v) is 2.30. The molecule has 2 rings (SSSR count). The van der Waals surface area contributed by atoms with Crippen molar-refractivity contribution in [3.63, 3.8) is 0 Å². The number of hydrogen-bond donors (Lipinski definition) is 1. The third-order valence-corrected chi connectivity index (χ3v) is 3.70. The number of halogens is 1. The Bertz CT molecular complexity index is 466. The molecule has 0 amide bonds. The van der Waals surface area contributed by atoms with Crippen molar-refractivity contribution in [2.75, 3.05) is 0 Å². The Kier molecular flexibility index (Phi) is 4.62. The van der Waals surface area contributed by atoms with Gasteiger partial charge in [-0.15, -0.1) is 0 Å². The van der Waals surface area contributed by atoms with E-state index in [1.165, 1.54) is 16.7 Å². The van der Waals surface area contributed by atoms with Gasteiger partial charge in [-0.1, -0.05) is 53.6 Å². The van der Waals surface area contributed by atoms with Crippen molar-refractivity contribution >= 4 is 11.6 Å². The van der Waals surface area contributed by atoms with Gasteiger partial charge < -0.3 is 5.32 Å². The summed E-state index contributed by atoms with van der Waals surface area (Å²) < 4.78 is 0. The van der Waals surface area contributed by atoms with Gasteiger partial charge in [0.05, 0.1) is 0 Å². The zero-order valence-corrected chi connectivity index (χ0v) is 12.4. The van der Waals surface area contributed by atoms with Crippen molar-refractivity contribution in [2.24, 2.45) is 0 Å². The maximum atomic E-state index is 5.91. The van der Waals surface area contributed by atoms with Crippen molar-refractivity contribution in [3.8, 4) is 0 Å². The van der Waals surface area contributed by atoms with Crippen LogP contribution in [0.25, 0.3) is 0 Å². The first-order valence-electron chi connectivity index (χ1n) is 6.64. The molecule has 0 heterocycles. The summed E-state index contributed by atoms with van der Waals surface area (Å²) in [6, 6.07) is 17.3. The molecule has 2 aromatic carbocycles. The monoisotopic (exact) mass is 273 g/mol. The van der Waals surface area contributed by atoms with Gasteiger partial charge in [0.1, 0.15) is 0 Å². The molecule has 1 N–H and O–H groups in total. The minimum Gasteiger partial charge on any atom is -0.304 e. The molecule has 0 spiro atoms. The van der Waals surface area contributed by atoms with E-state index >= 15 is 0 Å². The van der Waals surface area contributed by atoms with Gasteiger partial charge in [-0.25, -0.2) is 0 Å². The molecule has 0 radical (unpaired) electrons. The lowest BCUT2D eigenvalue weighted by atomic mass is 10.0. The molecular formula is C17H20ClN. The first-order chi connectivity index (χ1) is 9.06. The van der Waals surface area contributed by atoms with Crippen molar-refractivity contribution < 1.29 is 0 Å². The lowest BCUT2D eigenvalue weighted by Gasteiger charge is -2.21. The highest BCUT2D eigenvalue weighted by atomic mass is 35.5. The molecule has 2 atom stereocenters. The van der Waals surface area contributed by atoms with E-state index in [2.05, 4.69) is 62.5 Å². The first-order valence-corrected chi connectivity index (χ1v) is 7.02. The number of benzene rings is 2. The van der Waals surface area contributed by atoms with Gasteiger partial charge in [0.2, 0.25) is 0 Å². The topological polar surface area (TPSA) is 12.0 Å². The predicted molar refractivity (Wildman–Crippen MR) is 82.6 cm³/mol. The highest BCUT2D eigenvalue weighted by Gasteiger charge is 2.10.